The highest BCUT2D eigenvalue weighted by molar-refractivity contribution is 5.71. The van der Waals surface area contributed by atoms with Gasteiger partial charge in [0.1, 0.15) is 5.69 Å². The number of pyridine rings is 1. The third-order valence-corrected chi connectivity index (χ3v) is 3.17. The number of hydrogen-bond donors (Lipinski definition) is 0. The van der Waals surface area contributed by atoms with Gasteiger partial charge in [0.15, 0.2) is 6.29 Å². The molecule has 3 rings (SSSR count). The lowest BCUT2D eigenvalue weighted by atomic mass is 10.1. The van der Waals surface area contributed by atoms with Gasteiger partial charge in [-0.05, 0) is 22.8 Å². The van der Waals surface area contributed by atoms with Gasteiger partial charge in [0, 0.05) is 18.9 Å². The first-order valence-corrected chi connectivity index (χ1v) is 6.31. The number of carbonyl (C=O) groups excluding carboxylic acids is 1. The van der Waals surface area contributed by atoms with Gasteiger partial charge >= 0.3 is 0 Å². The minimum atomic E-state index is 0.585. The highest BCUT2D eigenvalue weighted by atomic mass is 16.1. The van der Waals surface area contributed by atoms with E-state index in [4.69, 9.17) is 0 Å². The molecule has 3 aromatic rings. The summed E-state index contributed by atoms with van der Waals surface area (Å²) in [6, 6.07) is 12.2. The minimum Gasteiger partial charge on any atom is -0.324 e. The van der Waals surface area contributed by atoms with Crippen molar-refractivity contribution >= 4 is 6.29 Å². The molecular weight excluding hydrogens is 250 g/mol. The van der Waals surface area contributed by atoms with Crippen molar-refractivity contribution in [3.63, 3.8) is 0 Å². The first-order chi connectivity index (χ1) is 9.86. The number of hydrogen-bond acceptors (Lipinski definition) is 3. The van der Waals surface area contributed by atoms with Gasteiger partial charge < -0.3 is 4.57 Å². The van der Waals surface area contributed by atoms with Gasteiger partial charge in [0.25, 0.3) is 0 Å². The topological polar surface area (TPSA) is 47.8 Å². The summed E-state index contributed by atoms with van der Waals surface area (Å²) in [4.78, 5) is 18.9. The van der Waals surface area contributed by atoms with E-state index < -0.39 is 0 Å². The van der Waals surface area contributed by atoms with Crippen molar-refractivity contribution in [1.82, 2.24) is 14.5 Å². The molecule has 98 valence electrons. The molecule has 4 heteroatoms. The van der Waals surface area contributed by atoms with Crippen LogP contribution >= 0.6 is 0 Å². The molecule has 0 aliphatic carbocycles. The molecule has 0 amide bonds. The van der Waals surface area contributed by atoms with Gasteiger partial charge in [-0.2, -0.15) is 0 Å². The van der Waals surface area contributed by atoms with E-state index in [2.05, 4.69) is 34.2 Å². The molecular formula is C16H13N3O. The Morgan fingerprint density at radius 2 is 1.85 bits per heavy atom. The molecule has 2 aromatic heterocycles. The van der Waals surface area contributed by atoms with Gasteiger partial charge in [-0.15, -0.1) is 0 Å². The molecule has 0 bridgehead atoms. The highest BCUT2D eigenvalue weighted by Gasteiger charge is 2.02. The lowest BCUT2D eigenvalue weighted by molar-refractivity contribution is 0.111. The second-order valence-corrected chi connectivity index (χ2v) is 4.50. The zero-order valence-corrected chi connectivity index (χ0v) is 10.8. The molecule has 0 atom stereocenters. The molecule has 0 fully saturated rings. The Balaban J connectivity index is 1.82. The first-order valence-electron chi connectivity index (χ1n) is 6.31. The van der Waals surface area contributed by atoms with Crippen LogP contribution in [0.3, 0.4) is 0 Å². The summed E-state index contributed by atoms with van der Waals surface area (Å²) in [5, 5.41) is 0. The third kappa shape index (κ3) is 2.49. The fourth-order valence-electron chi connectivity index (χ4n) is 2.09. The smallest absolute Gasteiger partial charge is 0.168 e. The molecule has 4 nitrogen and oxygen atoms in total. The first kappa shape index (κ1) is 12.3. The summed E-state index contributed by atoms with van der Waals surface area (Å²) in [6.07, 6.45) is 7.65. The van der Waals surface area contributed by atoms with Gasteiger partial charge in [0.2, 0.25) is 0 Å². The van der Waals surface area contributed by atoms with Crippen LogP contribution in [0, 0.1) is 0 Å². The van der Waals surface area contributed by atoms with Crippen molar-refractivity contribution in [2.45, 2.75) is 6.54 Å². The maximum absolute atomic E-state index is 10.8. The van der Waals surface area contributed by atoms with Gasteiger partial charge in [-0.25, -0.2) is 4.98 Å². The Kier molecular flexibility index (Phi) is 3.37. The zero-order valence-electron chi connectivity index (χ0n) is 10.8. The third-order valence-electron chi connectivity index (χ3n) is 3.17. The van der Waals surface area contributed by atoms with E-state index in [-0.39, 0.29) is 0 Å². The van der Waals surface area contributed by atoms with E-state index >= 15 is 0 Å². The molecule has 0 unspecified atom stereocenters. The van der Waals surface area contributed by atoms with Gasteiger partial charge in [-0.3, -0.25) is 9.78 Å². The van der Waals surface area contributed by atoms with Crippen LogP contribution in [-0.2, 0) is 6.54 Å². The van der Waals surface area contributed by atoms with Crippen LogP contribution in [0.1, 0.15) is 16.1 Å². The molecule has 0 aliphatic heterocycles. The molecule has 2 heterocycles. The number of aldehydes is 1. The fraction of sp³-hybridized carbons (Fsp3) is 0.0625. The average molecular weight is 263 g/mol. The van der Waals surface area contributed by atoms with Crippen LogP contribution in [0.25, 0.3) is 11.1 Å². The number of nitrogens with zero attached hydrogens (tertiary/aromatic N) is 3. The zero-order chi connectivity index (χ0) is 13.8. The largest absolute Gasteiger partial charge is 0.324 e. The van der Waals surface area contributed by atoms with Crippen molar-refractivity contribution in [3.05, 3.63) is 72.6 Å². The average Bonchev–Trinajstić information content (AvgIpc) is 2.96. The number of rotatable bonds is 4. The van der Waals surface area contributed by atoms with Crippen LogP contribution in [0.15, 0.2) is 61.3 Å². The van der Waals surface area contributed by atoms with Crippen LogP contribution in [0.2, 0.25) is 0 Å². The molecule has 0 aliphatic rings. The van der Waals surface area contributed by atoms with Crippen LogP contribution in [0.5, 0.6) is 0 Å². The van der Waals surface area contributed by atoms with Crippen LogP contribution < -0.4 is 0 Å². The summed E-state index contributed by atoms with van der Waals surface area (Å²) in [7, 11) is 0. The van der Waals surface area contributed by atoms with E-state index in [0.717, 1.165) is 23.0 Å². The number of imidazole rings is 1. The lowest BCUT2D eigenvalue weighted by Crippen LogP contribution is -2.02. The number of aromatic nitrogens is 3. The molecule has 0 N–H and O–H groups in total. The monoisotopic (exact) mass is 263 g/mol. The van der Waals surface area contributed by atoms with E-state index in [1.54, 1.807) is 18.7 Å². The minimum absolute atomic E-state index is 0.585. The number of benzene rings is 1. The standard InChI is InChI=1S/C16H13N3O/c20-11-16-9-18-12-19(16)10-13-3-5-14(6-4-13)15-2-1-7-17-8-15/h1-9,11-12H,10H2. The van der Waals surface area contributed by atoms with Crippen molar-refractivity contribution in [2.24, 2.45) is 0 Å². The molecule has 0 saturated heterocycles. The lowest BCUT2D eigenvalue weighted by Gasteiger charge is -2.06. The molecule has 0 spiro atoms. The Labute approximate surface area is 116 Å². The number of carbonyl (C=O) groups is 1. The maximum atomic E-state index is 10.8. The van der Waals surface area contributed by atoms with Gasteiger partial charge in [-0.1, -0.05) is 30.3 Å². The fourth-order valence-corrected chi connectivity index (χ4v) is 2.09. The summed E-state index contributed by atoms with van der Waals surface area (Å²) in [5.41, 5.74) is 3.93. The molecule has 0 radical (unpaired) electrons. The van der Waals surface area contributed by atoms with E-state index in [1.807, 2.05) is 22.9 Å². The predicted molar refractivity (Wildman–Crippen MR) is 76.4 cm³/mol. The normalized spacial score (nSPS) is 10.4. The predicted octanol–water partition coefficient (Wildman–Crippen LogP) is 2.81. The van der Waals surface area contributed by atoms with Crippen LogP contribution in [0.4, 0.5) is 0 Å². The van der Waals surface area contributed by atoms with Crippen LogP contribution in [-0.4, -0.2) is 20.8 Å². The van der Waals surface area contributed by atoms with E-state index in [0.29, 0.717) is 12.2 Å². The Morgan fingerprint density at radius 3 is 2.55 bits per heavy atom. The second kappa shape index (κ2) is 5.48. The molecule has 1 aromatic carbocycles. The van der Waals surface area contributed by atoms with Gasteiger partial charge in [0.05, 0.1) is 12.5 Å². The van der Waals surface area contributed by atoms with E-state index in [1.165, 1.54) is 0 Å². The van der Waals surface area contributed by atoms with Crippen molar-refractivity contribution in [1.29, 1.82) is 0 Å². The summed E-state index contributed by atoms with van der Waals surface area (Å²) in [6.45, 7) is 0.640. The summed E-state index contributed by atoms with van der Waals surface area (Å²) >= 11 is 0. The Bertz CT molecular complexity index is 702. The maximum Gasteiger partial charge on any atom is 0.168 e. The summed E-state index contributed by atoms with van der Waals surface area (Å²) in [5.74, 6) is 0. The van der Waals surface area contributed by atoms with E-state index in [9.17, 15) is 4.79 Å². The van der Waals surface area contributed by atoms with Crippen molar-refractivity contribution in [2.75, 3.05) is 0 Å². The van der Waals surface area contributed by atoms with Crippen molar-refractivity contribution < 1.29 is 4.79 Å². The SMILES string of the molecule is O=Cc1cncn1Cc1ccc(-c2cccnc2)cc1. The highest BCUT2D eigenvalue weighted by Crippen LogP contribution is 2.18. The summed E-state index contributed by atoms with van der Waals surface area (Å²) < 4.78 is 1.83. The quantitative estimate of drug-likeness (QED) is 0.680. The molecule has 0 saturated carbocycles. The molecule has 20 heavy (non-hydrogen) atoms. The Morgan fingerprint density at radius 1 is 1.00 bits per heavy atom. The Hall–Kier alpha value is -2.75. The second-order valence-electron chi connectivity index (χ2n) is 4.50. The van der Waals surface area contributed by atoms with Crippen molar-refractivity contribution in [3.8, 4) is 11.1 Å².